The maximum atomic E-state index is 12.7. The summed E-state index contributed by atoms with van der Waals surface area (Å²) in [5, 5.41) is 1.71. The Morgan fingerprint density at radius 2 is 1.08 bits per heavy atom. The molecule has 0 unspecified atom stereocenters. The van der Waals surface area contributed by atoms with Crippen molar-refractivity contribution in [3.8, 4) is 21.1 Å². The molecule has 0 aliphatic carbocycles. The molecule has 0 atom stereocenters. The van der Waals surface area contributed by atoms with Crippen molar-refractivity contribution in [1.29, 1.82) is 0 Å². The number of carbonyl (C=O) groups excluding carboxylic acids is 1. The number of rotatable bonds is 4. The van der Waals surface area contributed by atoms with Gasteiger partial charge in [0.1, 0.15) is 10.0 Å². The summed E-state index contributed by atoms with van der Waals surface area (Å²) in [7, 11) is 0. The number of aromatic nitrogens is 2. The number of hydrogen-bond acceptors (Lipinski definition) is 5. The Balaban J connectivity index is 1.61. The zero-order valence-electron chi connectivity index (χ0n) is 12.5. The Kier molecular flexibility index (Phi) is 4.02. The average molecular weight is 348 g/mol. The van der Waals surface area contributed by atoms with Crippen LogP contribution in [0.3, 0.4) is 0 Å². The van der Waals surface area contributed by atoms with Crippen LogP contribution in [0, 0.1) is 0 Å². The SMILES string of the molecule is O=C(c1cnc(-c2ccccc2)s1)c1cnc(-c2ccccc2)s1. The highest BCUT2D eigenvalue weighted by atomic mass is 32.1. The lowest BCUT2D eigenvalue weighted by atomic mass is 10.2. The van der Waals surface area contributed by atoms with Crippen LogP contribution in [0.15, 0.2) is 73.1 Å². The molecule has 116 valence electrons. The molecule has 2 aromatic heterocycles. The van der Waals surface area contributed by atoms with Crippen molar-refractivity contribution in [3.05, 3.63) is 82.8 Å². The number of hydrogen-bond donors (Lipinski definition) is 0. The molecule has 0 fully saturated rings. The van der Waals surface area contributed by atoms with E-state index in [1.54, 1.807) is 12.4 Å². The molecule has 5 heteroatoms. The third-order valence-electron chi connectivity index (χ3n) is 3.50. The summed E-state index contributed by atoms with van der Waals surface area (Å²) in [4.78, 5) is 22.7. The summed E-state index contributed by atoms with van der Waals surface area (Å²) in [6.45, 7) is 0. The van der Waals surface area contributed by atoms with Crippen LogP contribution >= 0.6 is 22.7 Å². The molecule has 0 spiro atoms. The lowest BCUT2D eigenvalue weighted by Gasteiger charge is -1.94. The zero-order chi connectivity index (χ0) is 16.4. The van der Waals surface area contributed by atoms with Gasteiger partial charge in [0.2, 0.25) is 5.78 Å². The van der Waals surface area contributed by atoms with Gasteiger partial charge >= 0.3 is 0 Å². The average Bonchev–Trinajstić information content (AvgIpc) is 3.33. The Bertz CT molecular complexity index is 895. The summed E-state index contributed by atoms with van der Waals surface area (Å²) in [5.41, 5.74) is 2.05. The highest BCUT2D eigenvalue weighted by Crippen LogP contribution is 2.30. The fourth-order valence-corrected chi connectivity index (χ4v) is 4.12. The van der Waals surface area contributed by atoms with Gasteiger partial charge in [-0.25, -0.2) is 9.97 Å². The van der Waals surface area contributed by atoms with Crippen LogP contribution in [0.1, 0.15) is 14.5 Å². The van der Waals surface area contributed by atoms with E-state index in [1.165, 1.54) is 22.7 Å². The van der Waals surface area contributed by atoms with Crippen molar-refractivity contribution in [2.75, 3.05) is 0 Å². The number of nitrogens with zero attached hydrogens (tertiary/aromatic N) is 2. The summed E-state index contributed by atoms with van der Waals surface area (Å²) in [6.07, 6.45) is 3.30. The minimum absolute atomic E-state index is 0.0191. The molecule has 0 radical (unpaired) electrons. The number of thiazole rings is 2. The van der Waals surface area contributed by atoms with Gasteiger partial charge in [0.15, 0.2) is 0 Å². The third-order valence-corrected chi connectivity index (χ3v) is 5.59. The maximum Gasteiger partial charge on any atom is 0.216 e. The van der Waals surface area contributed by atoms with Gasteiger partial charge in [-0.2, -0.15) is 0 Å². The monoisotopic (exact) mass is 348 g/mol. The zero-order valence-corrected chi connectivity index (χ0v) is 14.2. The largest absolute Gasteiger partial charge is 0.287 e. The number of benzene rings is 2. The molecule has 24 heavy (non-hydrogen) atoms. The number of ketones is 1. The Morgan fingerprint density at radius 1 is 0.667 bits per heavy atom. The molecule has 0 saturated carbocycles. The van der Waals surface area contributed by atoms with Gasteiger partial charge in [0, 0.05) is 23.5 Å². The lowest BCUT2D eigenvalue weighted by molar-refractivity contribution is 0.104. The molecule has 4 rings (SSSR count). The highest BCUT2D eigenvalue weighted by molar-refractivity contribution is 7.20. The van der Waals surface area contributed by atoms with E-state index in [0.717, 1.165) is 21.1 Å². The minimum atomic E-state index is -0.0191. The molecule has 0 saturated heterocycles. The molecule has 3 nitrogen and oxygen atoms in total. The van der Waals surface area contributed by atoms with Crippen molar-refractivity contribution in [1.82, 2.24) is 9.97 Å². The third kappa shape index (κ3) is 2.91. The first-order valence-corrected chi connectivity index (χ1v) is 9.02. The highest BCUT2D eigenvalue weighted by Gasteiger charge is 2.17. The Labute approximate surface area is 147 Å². The number of carbonyl (C=O) groups is 1. The first-order chi connectivity index (χ1) is 11.8. The van der Waals surface area contributed by atoms with Gasteiger partial charge in [0.05, 0.1) is 9.75 Å². The van der Waals surface area contributed by atoms with E-state index in [-0.39, 0.29) is 5.78 Å². The van der Waals surface area contributed by atoms with Crippen LogP contribution in [-0.2, 0) is 0 Å². The smallest absolute Gasteiger partial charge is 0.216 e. The molecule has 0 aliphatic rings. The van der Waals surface area contributed by atoms with Gasteiger partial charge in [0.25, 0.3) is 0 Å². The fraction of sp³-hybridized carbons (Fsp3) is 0. The van der Waals surface area contributed by atoms with E-state index in [2.05, 4.69) is 9.97 Å². The molecule has 0 amide bonds. The van der Waals surface area contributed by atoms with Crippen molar-refractivity contribution < 1.29 is 4.79 Å². The molecular formula is C19H12N2OS2. The van der Waals surface area contributed by atoms with Crippen LogP contribution in [0.4, 0.5) is 0 Å². The van der Waals surface area contributed by atoms with E-state index in [4.69, 9.17) is 0 Å². The lowest BCUT2D eigenvalue weighted by Crippen LogP contribution is -1.94. The van der Waals surface area contributed by atoms with E-state index < -0.39 is 0 Å². The van der Waals surface area contributed by atoms with Gasteiger partial charge < -0.3 is 0 Å². The predicted molar refractivity (Wildman–Crippen MR) is 98.5 cm³/mol. The maximum absolute atomic E-state index is 12.7. The minimum Gasteiger partial charge on any atom is -0.287 e. The first-order valence-electron chi connectivity index (χ1n) is 7.38. The molecule has 2 heterocycles. The Morgan fingerprint density at radius 3 is 1.50 bits per heavy atom. The predicted octanol–water partition coefficient (Wildman–Crippen LogP) is 5.16. The van der Waals surface area contributed by atoms with Crippen molar-refractivity contribution in [3.63, 3.8) is 0 Å². The molecule has 4 aromatic rings. The molecule has 0 N–H and O–H groups in total. The Hall–Kier alpha value is -2.63. The molecule has 0 bridgehead atoms. The van der Waals surface area contributed by atoms with Crippen molar-refractivity contribution in [2.45, 2.75) is 0 Å². The van der Waals surface area contributed by atoms with E-state index in [0.29, 0.717) is 9.75 Å². The second-order valence-electron chi connectivity index (χ2n) is 5.12. The van der Waals surface area contributed by atoms with Crippen LogP contribution in [0.2, 0.25) is 0 Å². The van der Waals surface area contributed by atoms with E-state index in [9.17, 15) is 4.79 Å². The molecule has 2 aromatic carbocycles. The molecular weight excluding hydrogens is 336 g/mol. The van der Waals surface area contributed by atoms with E-state index >= 15 is 0 Å². The van der Waals surface area contributed by atoms with Crippen molar-refractivity contribution in [2.24, 2.45) is 0 Å². The summed E-state index contributed by atoms with van der Waals surface area (Å²) in [6, 6.07) is 19.8. The van der Waals surface area contributed by atoms with Gasteiger partial charge in [-0.3, -0.25) is 4.79 Å². The first kappa shape index (κ1) is 14.9. The second kappa shape index (κ2) is 6.47. The standard InChI is InChI=1S/C19H12N2OS2/c22-17(15-11-20-18(23-15)13-7-3-1-4-8-13)16-12-21-19(24-16)14-9-5-2-6-10-14/h1-12H. The summed E-state index contributed by atoms with van der Waals surface area (Å²) < 4.78 is 0. The quantitative estimate of drug-likeness (QED) is 0.478. The second-order valence-corrected chi connectivity index (χ2v) is 7.18. The van der Waals surface area contributed by atoms with Crippen LogP contribution in [0.25, 0.3) is 21.1 Å². The summed E-state index contributed by atoms with van der Waals surface area (Å²) >= 11 is 2.82. The van der Waals surface area contributed by atoms with Crippen LogP contribution in [0.5, 0.6) is 0 Å². The summed E-state index contributed by atoms with van der Waals surface area (Å²) in [5.74, 6) is -0.0191. The fourth-order valence-electron chi connectivity index (χ4n) is 2.31. The van der Waals surface area contributed by atoms with Gasteiger partial charge in [-0.15, -0.1) is 22.7 Å². The van der Waals surface area contributed by atoms with Gasteiger partial charge in [-0.1, -0.05) is 60.7 Å². The van der Waals surface area contributed by atoms with Gasteiger partial charge in [-0.05, 0) is 0 Å². The van der Waals surface area contributed by atoms with Crippen LogP contribution in [-0.4, -0.2) is 15.8 Å². The topological polar surface area (TPSA) is 42.9 Å². The van der Waals surface area contributed by atoms with E-state index in [1.807, 2.05) is 60.7 Å². The normalized spacial score (nSPS) is 10.7. The van der Waals surface area contributed by atoms with Crippen molar-refractivity contribution >= 4 is 28.5 Å². The van der Waals surface area contributed by atoms with Crippen LogP contribution < -0.4 is 0 Å². The molecule has 0 aliphatic heterocycles.